The molecule has 0 spiro atoms. The molecule has 182 valence electrons. The average Bonchev–Trinajstić information content (AvgIpc) is 3.02. The molecule has 10 heteroatoms. The van der Waals surface area contributed by atoms with Crippen LogP contribution in [-0.4, -0.2) is 51.9 Å². The molecular formula is C23H26Cl2F2O6. The van der Waals surface area contributed by atoms with E-state index in [-0.39, 0.29) is 25.0 Å². The van der Waals surface area contributed by atoms with Crippen LogP contribution in [0.5, 0.6) is 0 Å². The maximum absolute atomic E-state index is 17.1. The van der Waals surface area contributed by atoms with Crippen molar-refractivity contribution in [1.29, 1.82) is 0 Å². The van der Waals surface area contributed by atoms with Crippen LogP contribution < -0.4 is 0 Å². The molecule has 6 nitrogen and oxygen atoms in total. The van der Waals surface area contributed by atoms with E-state index in [4.69, 9.17) is 27.9 Å². The molecule has 0 heterocycles. The summed E-state index contributed by atoms with van der Waals surface area (Å²) >= 11 is 11.3. The largest absolute Gasteiger partial charge is 0.444 e. The van der Waals surface area contributed by atoms with Crippen LogP contribution in [-0.2, 0) is 23.9 Å². The van der Waals surface area contributed by atoms with Gasteiger partial charge in [-0.05, 0) is 57.1 Å². The number of hydrogen-bond acceptors (Lipinski definition) is 6. The van der Waals surface area contributed by atoms with Crippen molar-refractivity contribution >= 4 is 40.9 Å². The van der Waals surface area contributed by atoms with Gasteiger partial charge in [0.05, 0.1) is 6.10 Å². The number of rotatable bonds is 4. The molecule has 4 aliphatic rings. The number of ketones is 1. The number of aliphatic hydroxyl groups is 1. The molecule has 0 radical (unpaired) electrons. The maximum atomic E-state index is 17.1. The fourth-order valence-electron chi connectivity index (χ4n) is 7.13. The van der Waals surface area contributed by atoms with Crippen LogP contribution >= 0.6 is 23.2 Å². The molecule has 0 unspecified atom stereocenters. The van der Waals surface area contributed by atoms with Crippen LogP contribution in [0.15, 0.2) is 23.8 Å². The molecule has 0 aromatic heterocycles. The minimum Gasteiger partial charge on any atom is -0.444 e. The van der Waals surface area contributed by atoms with Gasteiger partial charge in [-0.3, -0.25) is 4.79 Å². The van der Waals surface area contributed by atoms with E-state index in [2.05, 4.69) is 4.74 Å². The first-order valence-corrected chi connectivity index (χ1v) is 11.8. The third-order valence-electron chi connectivity index (χ3n) is 8.73. The van der Waals surface area contributed by atoms with Crippen LogP contribution in [0.3, 0.4) is 0 Å². The van der Waals surface area contributed by atoms with Gasteiger partial charge in [0.2, 0.25) is 17.3 Å². The van der Waals surface area contributed by atoms with Crippen molar-refractivity contribution in [2.45, 2.75) is 68.2 Å². The molecule has 4 rings (SSSR count). The summed E-state index contributed by atoms with van der Waals surface area (Å²) < 4.78 is 40.2. The molecule has 4 aliphatic carbocycles. The predicted octanol–water partition coefficient (Wildman–Crippen LogP) is 3.91. The monoisotopic (exact) mass is 506 g/mol. The maximum Gasteiger partial charge on any atom is 0.353 e. The van der Waals surface area contributed by atoms with Gasteiger partial charge in [0.1, 0.15) is 0 Å². The highest BCUT2D eigenvalue weighted by Crippen LogP contribution is 2.70. The lowest BCUT2D eigenvalue weighted by molar-refractivity contribution is -0.233. The summed E-state index contributed by atoms with van der Waals surface area (Å²) in [5.74, 6) is -3.65. The summed E-state index contributed by atoms with van der Waals surface area (Å²) in [5, 5.41) is 11.3. The summed E-state index contributed by atoms with van der Waals surface area (Å²) in [4.78, 5) is 35.7. The molecule has 3 fully saturated rings. The Labute approximate surface area is 200 Å². The Kier molecular flexibility index (Phi) is 5.98. The quantitative estimate of drug-likeness (QED) is 0.459. The van der Waals surface area contributed by atoms with Crippen molar-refractivity contribution in [3.63, 3.8) is 0 Å². The topological polar surface area (TPSA) is 89.9 Å². The van der Waals surface area contributed by atoms with Crippen molar-refractivity contribution in [1.82, 2.24) is 0 Å². The van der Waals surface area contributed by atoms with E-state index in [0.717, 1.165) is 0 Å². The number of aliphatic hydroxyl groups excluding tert-OH is 1. The highest BCUT2D eigenvalue weighted by Gasteiger charge is 2.76. The van der Waals surface area contributed by atoms with Crippen molar-refractivity contribution < 1.29 is 37.7 Å². The summed E-state index contributed by atoms with van der Waals surface area (Å²) in [6, 6.07) is 0. The van der Waals surface area contributed by atoms with E-state index in [1.807, 2.05) is 0 Å². The van der Waals surface area contributed by atoms with Gasteiger partial charge in [0, 0.05) is 16.7 Å². The summed E-state index contributed by atoms with van der Waals surface area (Å²) in [7, 11) is 0. The molecule has 0 amide bonds. The Morgan fingerprint density at radius 3 is 2.61 bits per heavy atom. The minimum absolute atomic E-state index is 0.0493. The van der Waals surface area contributed by atoms with Crippen LogP contribution in [0.2, 0.25) is 0 Å². The van der Waals surface area contributed by atoms with Gasteiger partial charge < -0.3 is 14.6 Å². The van der Waals surface area contributed by atoms with Gasteiger partial charge in [-0.25, -0.2) is 18.4 Å². The van der Waals surface area contributed by atoms with Gasteiger partial charge in [-0.15, -0.1) is 0 Å². The summed E-state index contributed by atoms with van der Waals surface area (Å²) in [5.41, 5.74) is -5.94. The van der Waals surface area contributed by atoms with E-state index in [0.29, 0.717) is 18.4 Å². The molecule has 0 aromatic rings. The van der Waals surface area contributed by atoms with E-state index >= 15 is 4.39 Å². The van der Waals surface area contributed by atoms with E-state index in [9.17, 15) is 23.9 Å². The SMILES string of the molecule is C[C@]12C=CC(=O)C=C1CC[C@H]1[C@@H]3CC[C@](OC(=O)C(Cl)Cl)(C(=O)OCF)[C@@]3(C)C[C@H](O)[C@@]12F. The summed E-state index contributed by atoms with van der Waals surface area (Å²) in [6.07, 6.45) is 3.45. The molecule has 3 saturated carbocycles. The van der Waals surface area contributed by atoms with E-state index in [1.54, 1.807) is 13.8 Å². The van der Waals surface area contributed by atoms with Crippen LogP contribution in [0, 0.1) is 22.7 Å². The Morgan fingerprint density at radius 2 is 1.97 bits per heavy atom. The standard InChI is InChI=1S/C23H26Cl2F2O6/c1-20-7-5-13(28)9-12(20)3-4-15-14-6-8-22(19(31)32-11-26,33-18(30)17(24)25)21(14,2)10-16(29)23(15,20)27/h5,7,9,14-17,29H,3-4,6,8,10-11H2,1-2H3/t14-,15-,16-,20-,21-,22-,23-/m0/s1. The smallest absolute Gasteiger partial charge is 0.353 e. The van der Waals surface area contributed by atoms with Crippen LogP contribution in [0.4, 0.5) is 8.78 Å². The zero-order chi connectivity index (χ0) is 24.4. The lowest BCUT2D eigenvalue weighted by atomic mass is 9.45. The Hall–Kier alpha value is -1.51. The number of halogens is 4. The van der Waals surface area contributed by atoms with Gasteiger partial charge in [-0.1, -0.05) is 41.8 Å². The van der Waals surface area contributed by atoms with Crippen LogP contribution in [0.1, 0.15) is 46.0 Å². The molecule has 33 heavy (non-hydrogen) atoms. The first-order valence-electron chi connectivity index (χ1n) is 10.9. The van der Waals surface area contributed by atoms with Crippen LogP contribution in [0.25, 0.3) is 0 Å². The zero-order valence-corrected chi connectivity index (χ0v) is 19.8. The number of allylic oxidation sites excluding steroid dienone is 4. The average molecular weight is 507 g/mol. The molecule has 1 N–H and O–H groups in total. The highest BCUT2D eigenvalue weighted by atomic mass is 35.5. The van der Waals surface area contributed by atoms with E-state index < -0.39 is 63.7 Å². The molecule has 7 atom stereocenters. The number of carbonyl (C=O) groups is 3. The number of fused-ring (bicyclic) bond motifs is 5. The van der Waals surface area contributed by atoms with Gasteiger partial charge in [0.25, 0.3) is 0 Å². The third kappa shape index (κ3) is 3.16. The summed E-state index contributed by atoms with van der Waals surface area (Å²) in [6.45, 7) is 1.87. The fraction of sp³-hybridized carbons (Fsp3) is 0.696. The first-order chi connectivity index (χ1) is 15.4. The van der Waals surface area contributed by atoms with Crippen molar-refractivity contribution in [2.75, 3.05) is 6.86 Å². The minimum atomic E-state index is -2.12. The van der Waals surface area contributed by atoms with Crippen molar-refractivity contribution in [2.24, 2.45) is 22.7 Å². The molecule has 0 bridgehead atoms. The molecular weight excluding hydrogens is 481 g/mol. The third-order valence-corrected chi connectivity index (χ3v) is 9.09. The molecule has 0 saturated heterocycles. The van der Waals surface area contributed by atoms with Gasteiger partial charge in [-0.2, -0.15) is 0 Å². The Morgan fingerprint density at radius 1 is 1.27 bits per heavy atom. The van der Waals surface area contributed by atoms with Gasteiger partial charge >= 0.3 is 11.9 Å². The number of esters is 2. The highest BCUT2D eigenvalue weighted by molar-refractivity contribution is 6.53. The molecule has 0 aromatic carbocycles. The normalized spacial score (nSPS) is 43.9. The number of alkyl halides is 4. The number of ether oxygens (including phenoxy) is 2. The van der Waals surface area contributed by atoms with E-state index in [1.165, 1.54) is 18.2 Å². The lowest BCUT2D eigenvalue weighted by Crippen LogP contribution is -2.69. The zero-order valence-electron chi connectivity index (χ0n) is 18.3. The van der Waals surface area contributed by atoms with Crippen molar-refractivity contribution in [3.8, 4) is 0 Å². The molecule has 0 aliphatic heterocycles. The lowest BCUT2D eigenvalue weighted by Gasteiger charge is -2.62. The second-order valence-electron chi connectivity index (χ2n) is 9.89. The second kappa shape index (κ2) is 8.02. The number of carbonyl (C=O) groups excluding carboxylic acids is 3. The van der Waals surface area contributed by atoms with Gasteiger partial charge in [0.15, 0.2) is 11.5 Å². The number of hydrogen-bond donors (Lipinski definition) is 1. The fourth-order valence-corrected chi connectivity index (χ4v) is 7.21. The Balaban J connectivity index is 1.80. The Bertz CT molecular complexity index is 953. The first kappa shape index (κ1) is 24.6. The predicted molar refractivity (Wildman–Crippen MR) is 115 cm³/mol. The second-order valence-corrected chi connectivity index (χ2v) is 11.0. The van der Waals surface area contributed by atoms with Crippen molar-refractivity contribution in [3.05, 3.63) is 23.8 Å².